The Hall–Kier alpha value is -1.31. The maximum absolute atomic E-state index is 11.8. The minimum Gasteiger partial charge on any atom is -0.494 e. The van der Waals surface area contributed by atoms with Gasteiger partial charge in [-0.1, -0.05) is 0 Å². The first-order valence-corrected chi connectivity index (χ1v) is 9.55. The lowest BCUT2D eigenvalue weighted by Crippen LogP contribution is -2.29. The minimum absolute atomic E-state index is 0. The van der Waals surface area contributed by atoms with Gasteiger partial charge in [0, 0.05) is 26.3 Å². The zero-order chi connectivity index (χ0) is 17.3. The van der Waals surface area contributed by atoms with Crippen molar-refractivity contribution in [2.75, 3.05) is 40.0 Å². The van der Waals surface area contributed by atoms with Gasteiger partial charge in [0.25, 0.3) is 0 Å². The number of hydrogen-bond donors (Lipinski definition) is 1. The largest absolute Gasteiger partial charge is 0.494 e. The fourth-order valence-corrected chi connectivity index (χ4v) is 2.64. The molecule has 0 unspecified atom stereocenters. The number of amides is 1. The summed E-state index contributed by atoms with van der Waals surface area (Å²) in [6.07, 6.45) is 3.28. The summed E-state index contributed by atoms with van der Waals surface area (Å²) in [4.78, 5) is 13.8. The van der Waals surface area contributed by atoms with Crippen molar-refractivity contribution in [3.05, 3.63) is 24.3 Å². The third-order valence-corrected chi connectivity index (χ3v) is 4.53. The van der Waals surface area contributed by atoms with Crippen LogP contribution in [0.2, 0.25) is 0 Å². The highest BCUT2D eigenvalue weighted by Crippen LogP contribution is 2.15. The molecule has 0 bridgehead atoms. The molecule has 1 aromatic rings. The van der Waals surface area contributed by atoms with E-state index in [9.17, 15) is 13.2 Å². The highest BCUT2D eigenvalue weighted by Gasteiger charge is 2.08. The van der Waals surface area contributed by atoms with Crippen molar-refractivity contribution in [3.8, 4) is 5.75 Å². The maximum atomic E-state index is 11.8. The highest BCUT2D eigenvalue weighted by atomic mass is 35.5. The summed E-state index contributed by atoms with van der Waals surface area (Å²) in [5, 5.41) is 3.02. The molecule has 1 rings (SSSR count). The Balaban J connectivity index is 0.00000529. The van der Waals surface area contributed by atoms with Crippen molar-refractivity contribution >= 4 is 28.2 Å². The second-order valence-electron chi connectivity index (χ2n) is 5.47. The van der Waals surface area contributed by atoms with Gasteiger partial charge >= 0.3 is 0 Å². The van der Waals surface area contributed by atoms with Crippen molar-refractivity contribution in [2.45, 2.75) is 24.2 Å². The average Bonchev–Trinajstić information content (AvgIpc) is 2.51. The van der Waals surface area contributed by atoms with E-state index in [1.54, 1.807) is 24.1 Å². The molecule has 138 valence electrons. The summed E-state index contributed by atoms with van der Waals surface area (Å²) in [5.74, 6) is 0.762. The minimum atomic E-state index is -3.18. The second-order valence-corrected chi connectivity index (χ2v) is 7.48. The smallest absolute Gasteiger partial charge is 0.222 e. The number of rotatable bonds is 10. The van der Waals surface area contributed by atoms with Gasteiger partial charge in [0.05, 0.1) is 11.5 Å². The predicted octanol–water partition coefficient (Wildman–Crippen LogP) is 1.74. The normalized spacial score (nSPS) is 10.8. The van der Waals surface area contributed by atoms with Crippen molar-refractivity contribution in [1.82, 2.24) is 10.2 Å². The molecule has 0 aliphatic carbocycles. The van der Waals surface area contributed by atoms with Crippen molar-refractivity contribution in [2.24, 2.45) is 0 Å². The quantitative estimate of drug-likeness (QED) is 0.627. The third-order valence-electron chi connectivity index (χ3n) is 3.40. The molecule has 0 radical (unpaired) electrons. The number of ether oxygens (including phenoxy) is 1. The number of benzene rings is 1. The van der Waals surface area contributed by atoms with E-state index in [-0.39, 0.29) is 23.2 Å². The SMILES string of the molecule is CNCCCC(=O)N(C)CCCOc1ccc(S(C)(=O)=O)cc1.Cl. The number of carbonyl (C=O) groups excluding carboxylic acids is 1. The molecule has 1 aromatic carbocycles. The van der Waals surface area contributed by atoms with Crippen LogP contribution in [0.4, 0.5) is 0 Å². The molecule has 0 aliphatic rings. The van der Waals surface area contributed by atoms with Crippen LogP contribution in [-0.2, 0) is 14.6 Å². The zero-order valence-electron chi connectivity index (χ0n) is 14.4. The molecule has 1 N–H and O–H groups in total. The molecule has 0 aliphatic heterocycles. The Labute approximate surface area is 150 Å². The van der Waals surface area contributed by atoms with Gasteiger partial charge in [0.2, 0.25) is 5.91 Å². The third kappa shape index (κ3) is 8.52. The highest BCUT2D eigenvalue weighted by molar-refractivity contribution is 7.90. The van der Waals surface area contributed by atoms with E-state index in [0.717, 1.165) is 19.4 Å². The van der Waals surface area contributed by atoms with Gasteiger partial charge in [-0.15, -0.1) is 12.4 Å². The molecule has 0 heterocycles. The van der Waals surface area contributed by atoms with Crippen LogP contribution < -0.4 is 10.1 Å². The van der Waals surface area contributed by atoms with Crippen LogP contribution in [0.15, 0.2) is 29.2 Å². The summed E-state index contributed by atoms with van der Waals surface area (Å²) < 4.78 is 28.3. The monoisotopic (exact) mass is 378 g/mol. The predicted molar refractivity (Wildman–Crippen MR) is 97.7 cm³/mol. The van der Waals surface area contributed by atoms with Gasteiger partial charge in [-0.05, 0) is 50.7 Å². The number of hydrogen-bond acceptors (Lipinski definition) is 5. The van der Waals surface area contributed by atoms with Crippen LogP contribution in [0, 0.1) is 0 Å². The van der Waals surface area contributed by atoms with Crippen LogP contribution >= 0.6 is 12.4 Å². The fourth-order valence-electron chi connectivity index (χ4n) is 2.01. The van der Waals surface area contributed by atoms with Gasteiger partial charge in [-0.25, -0.2) is 8.42 Å². The number of halogens is 1. The Morgan fingerprint density at radius 1 is 1.21 bits per heavy atom. The topological polar surface area (TPSA) is 75.7 Å². The van der Waals surface area contributed by atoms with Crippen molar-refractivity contribution in [3.63, 3.8) is 0 Å². The van der Waals surface area contributed by atoms with E-state index < -0.39 is 9.84 Å². The van der Waals surface area contributed by atoms with E-state index in [0.29, 0.717) is 25.3 Å². The number of sulfone groups is 1. The first-order valence-electron chi connectivity index (χ1n) is 7.66. The number of carbonyl (C=O) groups is 1. The van der Waals surface area contributed by atoms with Crippen LogP contribution in [0.5, 0.6) is 5.75 Å². The molecular weight excluding hydrogens is 352 g/mol. The summed E-state index contributed by atoms with van der Waals surface area (Å²) in [7, 11) is 0.484. The van der Waals surface area contributed by atoms with E-state index in [2.05, 4.69) is 5.32 Å². The van der Waals surface area contributed by atoms with Gasteiger partial charge < -0.3 is 15.0 Å². The van der Waals surface area contributed by atoms with Crippen LogP contribution in [0.25, 0.3) is 0 Å². The van der Waals surface area contributed by atoms with Crippen molar-refractivity contribution in [1.29, 1.82) is 0 Å². The zero-order valence-corrected chi connectivity index (χ0v) is 16.1. The van der Waals surface area contributed by atoms with E-state index in [1.807, 2.05) is 7.05 Å². The molecule has 0 saturated carbocycles. The molecule has 24 heavy (non-hydrogen) atoms. The summed E-state index contributed by atoms with van der Waals surface area (Å²) in [6, 6.07) is 6.34. The maximum Gasteiger partial charge on any atom is 0.222 e. The van der Waals surface area contributed by atoms with Gasteiger partial charge in [-0.2, -0.15) is 0 Å². The molecule has 0 atom stereocenters. The Morgan fingerprint density at radius 3 is 2.38 bits per heavy atom. The summed E-state index contributed by atoms with van der Waals surface area (Å²) >= 11 is 0. The fraction of sp³-hybridized carbons (Fsp3) is 0.562. The van der Waals surface area contributed by atoms with E-state index in [4.69, 9.17) is 4.74 Å². The van der Waals surface area contributed by atoms with Gasteiger partial charge in [0.15, 0.2) is 9.84 Å². The van der Waals surface area contributed by atoms with Crippen molar-refractivity contribution < 1.29 is 17.9 Å². The molecular formula is C16H27ClN2O4S. The standard InChI is InChI=1S/C16H26N2O4S.ClH/c1-17-11-4-6-16(19)18(2)12-5-13-22-14-7-9-15(10-8-14)23(3,20)21;/h7-10,17H,4-6,11-13H2,1-3H3;1H. The van der Waals surface area contributed by atoms with Crippen LogP contribution in [0.1, 0.15) is 19.3 Å². The van der Waals surface area contributed by atoms with E-state index >= 15 is 0 Å². The van der Waals surface area contributed by atoms with E-state index in [1.165, 1.54) is 18.4 Å². The van der Waals surface area contributed by atoms with Gasteiger partial charge in [-0.3, -0.25) is 4.79 Å². The molecule has 0 aromatic heterocycles. The first-order chi connectivity index (χ1) is 10.8. The van der Waals surface area contributed by atoms with Crippen LogP contribution in [0.3, 0.4) is 0 Å². The second kappa shape index (κ2) is 11.3. The number of nitrogens with zero attached hydrogens (tertiary/aromatic N) is 1. The molecule has 1 amide bonds. The molecule has 0 fully saturated rings. The Kier molecular flexibility index (Phi) is 10.7. The lowest BCUT2D eigenvalue weighted by Gasteiger charge is -2.17. The van der Waals surface area contributed by atoms with Gasteiger partial charge in [0.1, 0.15) is 5.75 Å². The molecule has 6 nitrogen and oxygen atoms in total. The van der Waals surface area contributed by atoms with Crippen LogP contribution in [-0.4, -0.2) is 59.3 Å². The summed E-state index contributed by atoms with van der Waals surface area (Å²) in [5.41, 5.74) is 0. The average molecular weight is 379 g/mol. The molecule has 0 saturated heterocycles. The molecule has 0 spiro atoms. The Bertz CT molecular complexity index is 591. The lowest BCUT2D eigenvalue weighted by molar-refractivity contribution is -0.130. The first kappa shape index (κ1) is 22.7. The summed E-state index contributed by atoms with van der Waals surface area (Å²) in [6.45, 7) is 1.96. The lowest BCUT2D eigenvalue weighted by atomic mass is 10.2. The molecule has 8 heteroatoms. The number of nitrogens with one attached hydrogen (secondary N) is 1. The Morgan fingerprint density at radius 2 is 1.83 bits per heavy atom.